The average molecular weight is 273 g/mol. The van der Waals surface area contributed by atoms with Crippen LogP contribution < -0.4 is 5.32 Å². The van der Waals surface area contributed by atoms with Crippen molar-refractivity contribution in [3.8, 4) is 12.8 Å². The zero-order chi connectivity index (χ0) is 14.8. The monoisotopic (exact) mass is 273 g/mol. The summed E-state index contributed by atoms with van der Waals surface area (Å²) < 4.78 is 5.06. The third-order valence-corrected chi connectivity index (χ3v) is 3.47. The summed E-state index contributed by atoms with van der Waals surface area (Å²) >= 11 is 0. The molecule has 1 aliphatic rings. The van der Waals surface area contributed by atoms with Gasteiger partial charge in [-0.25, -0.2) is 0 Å². The van der Waals surface area contributed by atoms with Gasteiger partial charge in [-0.05, 0) is 31.7 Å². The Morgan fingerprint density at radius 1 is 1.35 bits per heavy atom. The average Bonchev–Trinajstić information content (AvgIpc) is 2.98. The molecule has 0 saturated carbocycles. The van der Waals surface area contributed by atoms with Crippen molar-refractivity contribution < 1.29 is 9.53 Å². The van der Waals surface area contributed by atoms with Crippen molar-refractivity contribution in [3.05, 3.63) is 35.9 Å². The molecule has 1 heterocycles. The smallest absolute Gasteiger partial charge is 0.310 e. The van der Waals surface area contributed by atoms with Crippen LogP contribution in [0.15, 0.2) is 30.3 Å². The van der Waals surface area contributed by atoms with Crippen molar-refractivity contribution in [1.29, 1.82) is 0 Å². The largest absolute Gasteiger partial charge is 0.466 e. The Labute approximate surface area is 121 Å². The van der Waals surface area contributed by atoms with E-state index in [1.807, 2.05) is 13.0 Å². The second-order valence-electron chi connectivity index (χ2n) is 4.81. The summed E-state index contributed by atoms with van der Waals surface area (Å²) in [5.74, 6) is -0.00191. The lowest BCUT2D eigenvalue weighted by molar-refractivity contribution is -0.147. The number of ether oxygens (including phenoxy) is 1. The predicted molar refractivity (Wildman–Crippen MR) is 81.2 cm³/mol. The molecule has 1 N–H and O–H groups in total. The number of hydrogen-bond donors (Lipinski definition) is 1. The molecule has 0 aliphatic carbocycles. The van der Waals surface area contributed by atoms with Gasteiger partial charge in [-0.15, -0.1) is 12.8 Å². The van der Waals surface area contributed by atoms with E-state index < -0.39 is 0 Å². The minimum atomic E-state index is -0.0489. The zero-order valence-electron chi connectivity index (χ0n) is 12.0. The van der Waals surface area contributed by atoms with Crippen LogP contribution in [0.3, 0.4) is 0 Å². The Morgan fingerprint density at radius 2 is 2.05 bits per heavy atom. The van der Waals surface area contributed by atoms with Crippen LogP contribution in [0.1, 0.15) is 25.3 Å². The number of carbonyl (C=O) groups excluding carboxylic acids is 1. The van der Waals surface area contributed by atoms with Gasteiger partial charge in [-0.3, -0.25) is 4.79 Å². The first-order valence-corrected chi connectivity index (χ1v) is 7.07. The van der Waals surface area contributed by atoms with E-state index >= 15 is 0 Å². The minimum absolute atomic E-state index is 0.0470. The predicted octanol–water partition coefficient (Wildman–Crippen LogP) is 2.41. The van der Waals surface area contributed by atoms with E-state index in [0.29, 0.717) is 12.6 Å². The molecule has 0 radical (unpaired) electrons. The van der Waals surface area contributed by atoms with Crippen molar-refractivity contribution >= 4 is 5.97 Å². The molecule has 1 saturated heterocycles. The maximum atomic E-state index is 11.6. The van der Waals surface area contributed by atoms with Crippen LogP contribution in [0.2, 0.25) is 0 Å². The molecule has 1 aromatic carbocycles. The maximum Gasteiger partial charge on any atom is 0.310 e. The first-order valence-electron chi connectivity index (χ1n) is 7.07. The van der Waals surface area contributed by atoms with Crippen LogP contribution >= 0.6 is 0 Å². The van der Waals surface area contributed by atoms with Crippen LogP contribution in [0.4, 0.5) is 0 Å². The lowest BCUT2D eigenvalue weighted by Gasteiger charge is -2.10. The topological polar surface area (TPSA) is 38.3 Å². The quantitative estimate of drug-likeness (QED) is 0.661. The molecule has 2 atom stereocenters. The summed E-state index contributed by atoms with van der Waals surface area (Å²) in [6.45, 7) is 3.09. The number of terminal acetylenes is 1. The number of carbonyl (C=O) groups is 1. The summed E-state index contributed by atoms with van der Waals surface area (Å²) in [6.07, 6.45) is 11.1. The fourth-order valence-corrected chi connectivity index (χ4v) is 2.46. The number of nitrogens with one attached hydrogen (secondary N) is 1. The second-order valence-corrected chi connectivity index (χ2v) is 4.81. The van der Waals surface area contributed by atoms with Gasteiger partial charge in [0, 0.05) is 12.6 Å². The van der Waals surface area contributed by atoms with Gasteiger partial charge in [0.05, 0.1) is 12.5 Å². The zero-order valence-corrected chi connectivity index (χ0v) is 12.0. The van der Waals surface area contributed by atoms with Crippen LogP contribution in [0.5, 0.6) is 0 Å². The molecule has 0 unspecified atom stereocenters. The normalized spacial score (nSPS) is 20.8. The minimum Gasteiger partial charge on any atom is -0.466 e. The van der Waals surface area contributed by atoms with Crippen molar-refractivity contribution in [1.82, 2.24) is 5.32 Å². The molecule has 0 aromatic heterocycles. The molecule has 0 bridgehead atoms. The molecule has 3 nitrogen and oxygen atoms in total. The SMILES string of the molecule is C#C.CCOC(=O)[C@@H]1CN[C@H](CCc2ccccc2)C1. The first kappa shape index (κ1) is 16.3. The van der Waals surface area contributed by atoms with Gasteiger partial charge >= 0.3 is 5.97 Å². The van der Waals surface area contributed by atoms with E-state index in [-0.39, 0.29) is 11.9 Å². The highest BCUT2D eigenvalue weighted by Gasteiger charge is 2.29. The van der Waals surface area contributed by atoms with Gasteiger partial charge < -0.3 is 10.1 Å². The van der Waals surface area contributed by atoms with Crippen LogP contribution in [0, 0.1) is 18.8 Å². The van der Waals surface area contributed by atoms with E-state index in [4.69, 9.17) is 4.74 Å². The summed E-state index contributed by atoms with van der Waals surface area (Å²) in [5.41, 5.74) is 1.36. The number of rotatable bonds is 5. The maximum absolute atomic E-state index is 11.6. The van der Waals surface area contributed by atoms with E-state index in [1.54, 1.807) is 0 Å². The van der Waals surface area contributed by atoms with Crippen molar-refractivity contribution in [2.75, 3.05) is 13.2 Å². The molecular weight excluding hydrogens is 250 g/mol. The molecule has 1 aromatic rings. The standard InChI is InChI=1S/C15H21NO2.C2H2/c1-2-18-15(17)13-10-14(16-11-13)9-8-12-6-4-3-5-7-12;1-2/h3-7,13-14,16H,2,8-11H2,1H3;1-2H/t13-,14+;/m0./s1. The highest BCUT2D eigenvalue weighted by molar-refractivity contribution is 5.73. The third kappa shape index (κ3) is 5.07. The molecule has 108 valence electrons. The molecule has 0 spiro atoms. The highest BCUT2D eigenvalue weighted by Crippen LogP contribution is 2.19. The molecule has 0 amide bonds. The Bertz CT molecular complexity index is 414. The summed E-state index contributed by atoms with van der Waals surface area (Å²) in [5, 5.41) is 3.42. The van der Waals surface area contributed by atoms with Crippen LogP contribution in [-0.4, -0.2) is 25.2 Å². The third-order valence-electron chi connectivity index (χ3n) is 3.47. The fraction of sp³-hybridized carbons (Fsp3) is 0.471. The van der Waals surface area contributed by atoms with Gasteiger partial charge in [-0.2, -0.15) is 0 Å². The first-order chi connectivity index (χ1) is 9.79. The lowest BCUT2D eigenvalue weighted by atomic mass is 10.0. The number of hydrogen-bond acceptors (Lipinski definition) is 3. The number of benzene rings is 1. The lowest BCUT2D eigenvalue weighted by Crippen LogP contribution is -2.22. The number of esters is 1. The van der Waals surface area contributed by atoms with Crippen molar-refractivity contribution in [2.24, 2.45) is 5.92 Å². The number of aryl methyl sites for hydroxylation is 1. The van der Waals surface area contributed by atoms with Gasteiger partial charge in [0.1, 0.15) is 0 Å². The molecule has 1 fully saturated rings. The molecule has 3 heteroatoms. The summed E-state index contributed by atoms with van der Waals surface area (Å²) in [6, 6.07) is 10.9. The highest BCUT2D eigenvalue weighted by atomic mass is 16.5. The van der Waals surface area contributed by atoms with Crippen molar-refractivity contribution in [3.63, 3.8) is 0 Å². The Morgan fingerprint density at radius 3 is 2.70 bits per heavy atom. The Hall–Kier alpha value is -1.79. The molecular formula is C17H23NO2. The van der Waals surface area contributed by atoms with Gasteiger partial charge in [0.25, 0.3) is 0 Å². The van der Waals surface area contributed by atoms with Crippen molar-refractivity contribution in [2.45, 2.75) is 32.2 Å². The van der Waals surface area contributed by atoms with E-state index in [1.165, 1.54) is 5.56 Å². The van der Waals surface area contributed by atoms with E-state index in [9.17, 15) is 4.79 Å². The molecule has 20 heavy (non-hydrogen) atoms. The second kappa shape index (κ2) is 9.17. The van der Waals surface area contributed by atoms with Crippen LogP contribution in [-0.2, 0) is 16.0 Å². The van der Waals surface area contributed by atoms with Crippen LogP contribution in [0.25, 0.3) is 0 Å². The van der Waals surface area contributed by atoms with Gasteiger partial charge in [0.2, 0.25) is 0 Å². The Kier molecular flexibility index (Phi) is 7.46. The van der Waals surface area contributed by atoms with E-state index in [0.717, 1.165) is 25.8 Å². The van der Waals surface area contributed by atoms with Gasteiger partial charge in [0.15, 0.2) is 0 Å². The summed E-state index contributed by atoms with van der Waals surface area (Å²) in [4.78, 5) is 11.6. The van der Waals surface area contributed by atoms with Gasteiger partial charge in [-0.1, -0.05) is 30.3 Å². The fourth-order valence-electron chi connectivity index (χ4n) is 2.46. The Balaban J connectivity index is 0.000000956. The molecule has 1 aliphatic heterocycles. The molecule has 2 rings (SSSR count). The van der Waals surface area contributed by atoms with E-state index in [2.05, 4.69) is 42.4 Å². The summed E-state index contributed by atoms with van der Waals surface area (Å²) in [7, 11) is 0.